The van der Waals surface area contributed by atoms with Crippen LogP contribution in [0.4, 0.5) is 4.39 Å². The molecule has 1 saturated heterocycles. The molecule has 150 valence electrons. The molecule has 0 aliphatic carbocycles. The van der Waals surface area contributed by atoms with Crippen LogP contribution in [0.3, 0.4) is 0 Å². The van der Waals surface area contributed by atoms with E-state index in [-0.39, 0.29) is 28.4 Å². The first-order valence-electron chi connectivity index (χ1n) is 9.26. The average Bonchev–Trinajstić information content (AvgIpc) is 3.32. The lowest BCUT2D eigenvalue weighted by atomic mass is 10.0. The second-order valence-electron chi connectivity index (χ2n) is 7.13. The molecule has 3 heterocycles. The van der Waals surface area contributed by atoms with Crippen LogP contribution in [0.15, 0.2) is 40.3 Å². The van der Waals surface area contributed by atoms with Crippen molar-refractivity contribution in [3.63, 3.8) is 0 Å². The van der Waals surface area contributed by atoms with Gasteiger partial charge >= 0.3 is 0 Å². The Bertz CT molecular complexity index is 1010. The van der Waals surface area contributed by atoms with Gasteiger partial charge in [0, 0.05) is 37.0 Å². The number of carbonyl (C=O) groups excluding carboxylic acids is 1. The number of hydrogen-bond acceptors (Lipinski definition) is 4. The normalized spacial score (nSPS) is 20.1. The van der Waals surface area contributed by atoms with Gasteiger partial charge in [0.1, 0.15) is 16.4 Å². The van der Waals surface area contributed by atoms with E-state index in [9.17, 15) is 17.6 Å². The van der Waals surface area contributed by atoms with Crippen molar-refractivity contribution < 1.29 is 17.6 Å². The van der Waals surface area contributed by atoms with Crippen molar-refractivity contribution in [2.24, 2.45) is 7.05 Å². The van der Waals surface area contributed by atoms with Crippen LogP contribution in [0, 0.1) is 5.82 Å². The number of benzene rings is 1. The third kappa shape index (κ3) is 3.58. The second-order valence-corrected chi connectivity index (χ2v) is 10.2. The fraction of sp³-hybridized carbons (Fsp3) is 0.421. The Kier molecular flexibility index (Phi) is 5.24. The highest BCUT2D eigenvalue weighted by atomic mass is 32.2. The number of carbonyl (C=O) groups is 1. The van der Waals surface area contributed by atoms with Crippen LogP contribution in [0.25, 0.3) is 0 Å². The van der Waals surface area contributed by atoms with Crippen LogP contribution in [0.5, 0.6) is 0 Å². The van der Waals surface area contributed by atoms with Gasteiger partial charge in [0.05, 0.1) is 6.04 Å². The zero-order chi connectivity index (χ0) is 19.9. The Morgan fingerprint density at radius 1 is 1.25 bits per heavy atom. The summed E-state index contributed by atoms with van der Waals surface area (Å²) < 4.78 is 42.2. The van der Waals surface area contributed by atoms with Crippen LogP contribution in [-0.4, -0.2) is 42.0 Å². The molecule has 6 nitrogen and oxygen atoms in total. The number of amides is 1. The SMILES string of the molecule is Cn1cc(S(=O)(=O)N2CCCC2)cc1C(=O)NC1CCSc2ccc(F)cc21. The van der Waals surface area contributed by atoms with Crippen molar-refractivity contribution in [2.45, 2.75) is 35.1 Å². The molecule has 1 amide bonds. The number of nitrogens with one attached hydrogen (secondary N) is 1. The van der Waals surface area contributed by atoms with Crippen molar-refractivity contribution in [1.29, 1.82) is 0 Å². The van der Waals surface area contributed by atoms with Gasteiger partial charge in [-0.25, -0.2) is 12.8 Å². The molecule has 0 radical (unpaired) electrons. The van der Waals surface area contributed by atoms with Gasteiger partial charge in [-0.15, -0.1) is 11.8 Å². The summed E-state index contributed by atoms with van der Waals surface area (Å²) in [7, 11) is -1.93. The molecule has 1 aromatic carbocycles. The number of sulfonamides is 1. The number of aromatic nitrogens is 1. The molecule has 28 heavy (non-hydrogen) atoms. The summed E-state index contributed by atoms with van der Waals surface area (Å²) in [6.07, 6.45) is 3.88. The van der Waals surface area contributed by atoms with E-state index in [1.54, 1.807) is 24.9 Å². The maximum atomic E-state index is 13.7. The van der Waals surface area contributed by atoms with Crippen LogP contribution >= 0.6 is 11.8 Å². The van der Waals surface area contributed by atoms with Crippen molar-refractivity contribution in [1.82, 2.24) is 14.2 Å². The van der Waals surface area contributed by atoms with E-state index in [1.165, 1.54) is 33.3 Å². The monoisotopic (exact) mass is 423 g/mol. The smallest absolute Gasteiger partial charge is 0.268 e. The van der Waals surface area contributed by atoms with Gasteiger partial charge in [0.25, 0.3) is 5.91 Å². The van der Waals surface area contributed by atoms with E-state index >= 15 is 0 Å². The molecule has 2 aliphatic rings. The molecule has 0 saturated carbocycles. The Morgan fingerprint density at radius 2 is 2.00 bits per heavy atom. The van der Waals surface area contributed by atoms with E-state index < -0.39 is 10.0 Å². The molecule has 1 N–H and O–H groups in total. The number of nitrogens with zero attached hydrogens (tertiary/aromatic N) is 2. The van der Waals surface area contributed by atoms with Crippen LogP contribution in [0.2, 0.25) is 0 Å². The van der Waals surface area contributed by atoms with Crippen LogP contribution < -0.4 is 5.32 Å². The second kappa shape index (κ2) is 7.53. The lowest BCUT2D eigenvalue weighted by Gasteiger charge is -2.26. The minimum Gasteiger partial charge on any atom is -0.345 e. The maximum absolute atomic E-state index is 13.7. The maximum Gasteiger partial charge on any atom is 0.268 e. The van der Waals surface area contributed by atoms with Gasteiger partial charge in [0.2, 0.25) is 10.0 Å². The Balaban J connectivity index is 1.57. The first-order valence-corrected chi connectivity index (χ1v) is 11.7. The third-order valence-corrected chi connectivity index (χ3v) is 8.22. The van der Waals surface area contributed by atoms with Crippen molar-refractivity contribution in [3.8, 4) is 0 Å². The van der Waals surface area contributed by atoms with Crippen molar-refractivity contribution in [2.75, 3.05) is 18.8 Å². The minimum absolute atomic E-state index is 0.132. The summed E-state index contributed by atoms with van der Waals surface area (Å²) in [6.45, 7) is 1.03. The van der Waals surface area contributed by atoms with E-state index in [1.807, 2.05) is 0 Å². The van der Waals surface area contributed by atoms with Crippen molar-refractivity contribution >= 4 is 27.7 Å². The average molecular weight is 424 g/mol. The Hall–Kier alpha value is -1.84. The standard InChI is InChI=1S/C19H22FN3O3S2/c1-22-12-14(28(25,26)23-7-2-3-8-23)11-17(22)19(24)21-16-6-9-27-18-5-4-13(20)10-15(16)18/h4-5,10-12,16H,2-3,6-9H2,1H3,(H,21,24). The highest BCUT2D eigenvalue weighted by Crippen LogP contribution is 2.36. The molecular weight excluding hydrogens is 401 g/mol. The zero-order valence-electron chi connectivity index (χ0n) is 15.5. The number of rotatable bonds is 4. The van der Waals surface area contributed by atoms with Gasteiger partial charge < -0.3 is 9.88 Å². The van der Waals surface area contributed by atoms with Crippen LogP contribution in [0.1, 0.15) is 41.4 Å². The molecule has 2 aliphatic heterocycles. The summed E-state index contributed by atoms with van der Waals surface area (Å²) >= 11 is 1.64. The summed E-state index contributed by atoms with van der Waals surface area (Å²) in [4.78, 5) is 13.9. The molecule has 1 unspecified atom stereocenters. The summed E-state index contributed by atoms with van der Waals surface area (Å²) in [5, 5.41) is 2.95. The topological polar surface area (TPSA) is 71.4 Å². The lowest BCUT2D eigenvalue weighted by molar-refractivity contribution is 0.0926. The fourth-order valence-corrected chi connectivity index (χ4v) is 6.42. The number of fused-ring (bicyclic) bond motifs is 1. The highest BCUT2D eigenvalue weighted by molar-refractivity contribution is 7.99. The molecular formula is C19H22FN3O3S2. The Labute approximate surface area is 168 Å². The van der Waals surface area contributed by atoms with Gasteiger partial charge in [0.15, 0.2) is 0 Å². The molecule has 1 aromatic heterocycles. The first kappa shape index (κ1) is 19.5. The Morgan fingerprint density at radius 3 is 2.75 bits per heavy atom. The minimum atomic E-state index is -3.58. The molecule has 9 heteroatoms. The fourth-order valence-electron chi connectivity index (χ4n) is 3.73. The van der Waals surface area contributed by atoms with E-state index in [0.717, 1.165) is 29.1 Å². The quantitative estimate of drug-likeness (QED) is 0.821. The van der Waals surface area contributed by atoms with Gasteiger partial charge in [-0.1, -0.05) is 0 Å². The molecule has 1 atom stereocenters. The van der Waals surface area contributed by atoms with E-state index in [2.05, 4.69) is 5.32 Å². The molecule has 4 rings (SSSR count). The summed E-state index contributed by atoms with van der Waals surface area (Å²) in [6, 6.07) is 5.74. The van der Waals surface area contributed by atoms with Crippen LogP contribution in [-0.2, 0) is 17.1 Å². The molecule has 0 bridgehead atoms. The van der Waals surface area contributed by atoms with E-state index in [4.69, 9.17) is 0 Å². The first-order chi connectivity index (χ1) is 13.4. The van der Waals surface area contributed by atoms with E-state index in [0.29, 0.717) is 19.5 Å². The van der Waals surface area contributed by atoms with Crippen molar-refractivity contribution in [3.05, 3.63) is 47.5 Å². The number of hydrogen-bond donors (Lipinski definition) is 1. The lowest BCUT2D eigenvalue weighted by Crippen LogP contribution is -2.31. The molecule has 1 fully saturated rings. The number of halogens is 1. The molecule has 2 aromatic rings. The predicted octanol–water partition coefficient (Wildman–Crippen LogP) is 2.92. The summed E-state index contributed by atoms with van der Waals surface area (Å²) in [5.41, 5.74) is 1.04. The summed E-state index contributed by atoms with van der Waals surface area (Å²) in [5.74, 6) is 0.126. The third-order valence-electron chi connectivity index (χ3n) is 5.23. The zero-order valence-corrected chi connectivity index (χ0v) is 17.2. The number of thioether (sulfide) groups is 1. The largest absolute Gasteiger partial charge is 0.345 e. The molecule has 0 spiro atoms. The van der Waals surface area contributed by atoms with Gasteiger partial charge in [-0.3, -0.25) is 4.79 Å². The highest BCUT2D eigenvalue weighted by Gasteiger charge is 2.30. The number of aryl methyl sites for hydroxylation is 1. The van der Waals surface area contributed by atoms with Gasteiger partial charge in [-0.05, 0) is 49.1 Å². The predicted molar refractivity (Wildman–Crippen MR) is 105 cm³/mol. The van der Waals surface area contributed by atoms with Gasteiger partial charge in [-0.2, -0.15) is 4.31 Å².